The van der Waals surface area contributed by atoms with E-state index in [0.29, 0.717) is 0 Å². The molecule has 0 heterocycles. The highest BCUT2D eigenvalue weighted by Gasteiger charge is 1.69. The van der Waals surface area contributed by atoms with Gasteiger partial charge in [-0.2, -0.15) is 0 Å². The van der Waals surface area contributed by atoms with Crippen LogP contribution >= 0.6 is 22.8 Å². The SMILES string of the molecule is CCCPBr. The summed E-state index contributed by atoms with van der Waals surface area (Å²) in [5.41, 5.74) is 0. The van der Waals surface area contributed by atoms with Crippen LogP contribution < -0.4 is 0 Å². The average Bonchev–Trinajstić information content (AvgIpc) is 1.41. The average molecular weight is 155 g/mol. The van der Waals surface area contributed by atoms with Crippen LogP contribution in [0.25, 0.3) is 0 Å². The molecule has 2 heteroatoms. The van der Waals surface area contributed by atoms with Gasteiger partial charge in [0.25, 0.3) is 0 Å². The lowest BCUT2D eigenvalue weighted by Crippen LogP contribution is -1.58. The fourth-order valence-corrected chi connectivity index (χ4v) is 1.47. The van der Waals surface area contributed by atoms with E-state index < -0.39 is 0 Å². The molecule has 0 aliphatic rings. The molecule has 0 radical (unpaired) electrons. The Morgan fingerprint density at radius 1 is 1.80 bits per heavy atom. The monoisotopic (exact) mass is 154 g/mol. The molecule has 0 bridgehead atoms. The largest absolute Gasteiger partial charge is 0.0650 e. The molecule has 0 saturated carbocycles. The lowest BCUT2D eigenvalue weighted by molar-refractivity contribution is 1.11. The van der Waals surface area contributed by atoms with Crippen molar-refractivity contribution in [2.45, 2.75) is 13.3 Å². The Morgan fingerprint density at radius 3 is 2.40 bits per heavy atom. The zero-order valence-corrected chi connectivity index (χ0v) is 5.88. The second-order valence-corrected chi connectivity index (χ2v) is 3.33. The normalized spacial score (nSPS) is 10.8. The molecule has 1 unspecified atom stereocenters. The van der Waals surface area contributed by atoms with Crippen molar-refractivity contribution in [2.24, 2.45) is 0 Å². The van der Waals surface area contributed by atoms with Gasteiger partial charge in [0, 0.05) is 0 Å². The molecule has 0 aromatic carbocycles. The van der Waals surface area contributed by atoms with E-state index in [-0.39, 0.29) is 0 Å². The number of hydrogen-bond donors (Lipinski definition) is 0. The van der Waals surface area contributed by atoms with Gasteiger partial charge in [-0.3, -0.25) is 0 Å². The molecule has 0 spiro atoms. The molecule has 32 valence electrons. The Kier molecular flexibility index (Phi) is 5.80. The Labute approximate surface area is 42.9 Å². The first kappa shape index (κ1) is 5.91. The highest BCUT2D eigenvalue weighted by Crippen LogP contribution is 2.18. The predicted octanol–water partition coefficient (Wildman–Crippen LogP) is 2.38. The van der Waals surface area contributed by atoms with E-state index in [9.17, 15) is 0 Å². The van der Waals surface area contributed by atoms with Crippen molar-refractivity contribution in [3.05, 3.63) is 0 Å². The third-order valence-corrected chi connectivity index (χ3v) is 2.22. The van der Waals surface area contributed by atoms with Crippen molar-refractivity contribution < 1.29 is 0 Å². The molecule has 0 aliphatic carbocycles. The molecule has 5 heavy (non-hydrogen) atoms. The molecule has 0 amide bonds. The summed E-state index contributed by atoms with van der Waals surface area (Å²) < 4.78 is 0. The van der Waals surface area contributed by atoms with Crippen LogP contribution in [0.15, 0.2) is 0 Å². The Balaban J connectivity index is 2.19. The minimum atomic E-state index is 0.970. The van der Waals surface area contributed by atoms with E-state index in [1.54, 1.807) is 0 Å². The van der Waals surface area contributed by atoms with E-state index in [0.717, 1.165) is 7.28 Å². The van der Waals surface area contributed by atoms with Gasteiger partial charge in [-0.15, -0.1) is 0 Å². The van der Waals surface area contributed by atoms with Crippen molar-refractivity contribution in [1.29, 1.82) is 0 Å². The maximum Gasteiger partial charge on any atom is -0.0257 e. The fraction of sp³-hybridized carbons (Fsp3) is 1.00. The van der Waals surface area contributed by atoms with Crippen LogP contribution in [0, 0.1) is 0 Å². The molecule has 0 fully saturated rings. The lowest BCUT2D eigenvalue weighted by Gasteiger charge is -1.78. The summed E-state index contributed by atoms with van der Waals surface area (Å²) in [4.78, 5) is 0. The van der Waals surface area contributed by atoms with Crippen molar-refractivity contribution in [3.8, 4) is 0 Å². The zero-order chi connectivity index (χ0) is 4.12. The van der Waals surface area contributed by atoms with Crippen LogP contribution in [0.1, 0.15) is 13.3 Å². The summed E-state index contributed by atoms with van der Waals surface area (Å²) >= 11 is 3.34. The quantitative estimate of drug-likeness (QED) is 0.537. The van der Waals surface area contributed by atoms with Gasteiger partial charge < -0.3 is 0 Å². The van der Waals surface area contributed by atoms with E-state index in [2.05, 4.69) is 22.4 Å². The maximum atomic E-state index is 3.34. The predicted molar refractivity (Wildman–Crippen MR) is 32.4 cm³/mol. The highest BCUT2D eigenvalue weighted by atomic mass is 79.9. The summed E-state index contributed by atoms with van der Waals surface area (Å²) in [7, 11) is 0.970. The van der Waals surface area contributed by atoms with E-state index in [4.69, 9.17) is 0 Å². The Hall–Kier alpha value is 0.910. The molecule has 0 N–H and O–H groups in total. The van der Waals surface area contributed by atoms with Crippen molar-refractivity contribution >= 4 is 22.8 Å². The Bertz CT molecular complexity index is 14.4. The van der Waals surface area contributed by atoms with Gasteiger partial charge in [-0.1, -0.05) is 36.1 Å². The first-order valence-corrected chi connectivity index (χ1v) is 5.21. The van der Waals surface area contributed by atoms with Gasteiger partial charge in [0.2, 0.25) is 0 Å². The van der Waals surface area contributed by atoms with Crippen LogP contribution in [0.4, 0.5) is 0 Å². The minimum Gasteiger partial charge on any atom is -0.0650 e. The summed E-state index contributed by atoms with van der Waals surface area (Å²) in [5.74, 6) is 0. The van der Waals surface area contributed by atoms with Crippen LogP contribution in [0.3, 0.4) is 0 Å². The molecule has 0 saturated heterocycles. The van der Waals surface area contributed by atoms with E-state index in [1.807, 2.05) is 0 Å². The van der Waals surface area contributed by atoms with Crippen LogP contribution in [0.2, 0.25) is 0 Å². The first-order valence-electron chi connectivity index (χ1n) is 1.75. The van der Waals surface area contributed by atoms with Crippen LogP contribution in [0.5, 0.6) is 0 Å². The molecule has 0 aliphatic heterocycles. The summed E-state index contributed by atoms with van der Waals surface area (Å²) in [6.07, 6.45) is 2.64. The lowest BCUT2D eigenvalue weighted by atomic mass is 10.6. The van der Waals surface area contributed by atoms with Crippen molar-refractivity contribution in [3.63, 3.8) is 0 Å². The summed E-state index contributed by atoms with van der Waals surface area (Å²) in [6, 6.07) is 0. The van der Waals surface area contributed by atoms with Crippen LogP contribution in [-0.2, 0) is 0 Å². The summed E-state index contributed by atoms with van der Waals surface area (Å²) in [5, 5.41) is 0. The van der Waals surface area contributed by atoms with Gasteiger partial charge in [0.1, 0.15) is 0 Å². The molecular weight excluding hydrogens is 147 g/mol. The highest BCUT2D eigenvalue weighted by molar-refractivity contribution is 9.36. The summed E-state index contributed by atoms with van der Waals surface area (Å²) in [6.45, 7) is 2.19. The molecule has 0 rings (SSSR count). The minimum absolute atomic E-state index is 0.970. The maximum absolute atomic E-state index is 3.34. The van der Waals surface area contributed by atoms with Crippen LogP contribution in [-0.4, -0.2) is 6.16 Å². The first-order chi connectivity index (χ1) is 2.41. The standard InChI is InChI=1S/C3H8BrP/c1-2-3-5-4/h5H,2-3H2,1H3. The molecule has 0 aromatic rings. The number of halogens is 1. The second-order valence-electron chi connectivity index (χ2n) is 0.884. The fourth-order valence-electron chi connectivity index (χ4n) is 0.0945. The van der Waals surface area contributed by atoms with Crippen molar-refractivity contribution in [1.82, 2.24) is 0 Å². The number of hydrogen-bond acceptors (Lipinski definition) is 0. The van der Waals surface area contributed by atoms with Gasteiger partial charge in [-0.25, -0.2) is 0 Å². The van der Waals surface area contributed by atoms with Gasteiger partial charge in [0.05, 0.1) is 0 Å². The second kappa shape index (κ2) is 4.91. The molecule has 0 nitrogen and oxygen atoms in total. The van der Waals surface area contributed by atoms with Gasteiger partial charge in [-0.05, 0) is 6.16 Å². The molecule has 0 aromatic heterocycles. The van der Waals surface area contributed by atoms with E-state index in [1.165, 1.54) is 12.6 Å². The third kappa shape index (κ3) is 4.91. The van der Waals surface area contributed by atoms with Gasteiger partial charge >= 0.3 is 0 Å². The topological polar surface area (TPSA) is 0 Å². The van der Waals surface area contributed by atoms with Crippen molar-refractivity contribution in [2.75, 3.05) is 6.16 Å². The smallest absolute Gasteiger partial charge is 0.0257 e. The number of rotatable bonds is 2. The van der Waals surface area contributed by atoms with Gasteiger partial charge in [0.15, 0.2) is 0 Å². The molecular formula is C3H8BrP. The third-order valence-electron chi connectivity index (χ3n) is 0.344. The van der Waals surface area contributed by atoms with E-state index >= 15 is 0 Å². The Morgan fingerprint density at radius 2 is 2.40 bits per heavy atom. The molecule has 1 atom stereocenters. The zero-order valence-electron chi connectivity index (χ0n) is 3.29.